The Labute approximate surface area is 103 Å². The van der Waals surface area contributed by atoms with Crippen molar-refractivity contribution in [3.63, 3.8) is 0 Å². The van der Waals surface area contributed by atoms with Crippen LogP contribution in [0.15, 0.2) is 64.8 Å². The first-order valence-electron chi connectivity index (χ1n) is 5.03. The average Bonchev–Trinajstić information content (AvgIpc) is 2.21. The molecule has 0 amide bonds. The Morgan fingerprint density at radius 2 is 1.75 bits per heavy atom. The molecule has 0 saturated carbocycles. The Morgan fingerprint density at radius 3 is 2.19 bits per heavy atom. The number of halogens is 1. The second-order valence-corrected chi connectivity index (χ2v) is 3.84. The van der Waals surface area contributed by atoms with Crippen LogP contribution < -0.4 is 0 Å². The monoisotopic (exact) mass is 235 g/mol. The predicted molar refractivity (Wildman–Crippen MR) is 75.0 cm³/mol. The maximum Gasteiger partial charge on any atom is 0.0653 e. The van der Waals surface area contributed by atoms with Gasteiger partial charge >= 0.3 is 0 Å². The van der Waals surface area contributed by atoms with E-state index in [1.165, 1.54) is 0 Å². The minimum Gasteiger partial charge on any atom is -0.255 e. The van der Waals surface area contributed by atoms with Crippen molar-refractivity contribution in [2.45, 2.75) is 20.8 Å². The minimum atomic E-state index is 0.554. The van der Waals surface area contributed by atoms with Gasteiger partial charge in [-0.05, 0) is 38.0 Å². The summed E-state index contributed by atoms with van der Waals surface area (Å²) in [7, 11) is 0. The topological polar surface area (TPSA) is 12.4 Å². The average molecular weight is 236 g/mol. The Bertz CT molecular complexity index is 382. The third kappa shape index (κ3) is 6.20. The van der Waals surface area contributed by atoms with Crippen LogP contribution in [0.2, 0.25) is 0 Å². The molecular formula is C14H18ClN. The van der Waals surface area contributed by atoms with Gasteiger partial charge in [0.2, 0.25) is 0 Å². The molecule has 16 heavy (non-hydrogen) atoms. The molecule has 0 bridgehead atoms. The van der Waals surface area contributed by atoms with E-state index >= 15 is 0 Å². The third-order valence-corrected chi connectivity index (χ3v) is 2.14. The SMILES string of the molecule is C=C(C)C(/C=C\C=C\C)=N\C=C(\Cl)C(=C)C. The highest BCUT2D eigenvalue weighted by Crippen LogP contribution is 2.12. The van der Waals surface area contributed by atoms with Gasteiger partial charge in [0.05, 0.1) is 10.7 Å². The van der Waals surface area contributed by atoms with Crippen molar-refractivity contribution in [3.8, 4) is 0 Å². The fourth-order valence-electron chi connectivity index (χ4n) is 0.790. The molecule has 0 unspecified atom stereocenters. The van der Waals surface area contributed by atoms with Gasteiger partial charge in [-0.15, -0.1) is 0 Å². The predicted octanol–water partition coefficient (Wildman–Crippen LogP) is 4.79. The first-order chi connectivity index (χ1) is 7.49. The summed E-state index contributed by atoms with van der Waals surface area (Å²) in [4.78, 5) is 4.26. The van der Waals surface area contributed by atoms with Gasteiger partial charge in [0.15, 0.2) is 0 Å². The highest BCUT2D eigenvalue weighted by molar-refractivity contribution is 6.31. The largest absolute Gasteiger partial charge is 0.255 e. The normalized spacial score (nSPS) is 13.8. The molecule has 0 N–H and O–H groups in total. The second-order valence-electron chi connectivity index (χ2n) is 3.44. The number of hydrogen-bond acceptors (Lipinski definition) is 1. The molecule has 86 valence electrons. The van der Waals surface area contributed by atoms with Crippen LogP contribution in [-0.4, -0.2) is 5.71 Å². The Hall–Kier alpha value is -1.34. The lowest BCUT2D eigenvalue weighted by atomic mass is 10.2. The molecule has 0 fully saturated rings. The first-order valence-corrected chi connectivity index (χ1v) is 5.41. The van der Waals surface area contributed by atoms with Crippen molar-refractivity contribution < 1.29 is 0 Å². The lowest BCUT2D eigenvalue weighted by molar-refractivity contribution is 1.44. The van der Waals surface area contributed by atoms with Crippen LogP contribution in [0.5, 0.6) is 0 Å². The van der Waals surface area contributed by atoms with Gasteiger partial charge in [0, 0.05) is 6.20 Å². The maximum absolute atomic E-state index is 5.91. The van der Waals surface area contributed by atoms with Crippen LogP contribution >= 0.6 is 11.6 Å². The van der Waals surface area contributed by atoms with Crippen LogP contribution in [0.3, 0.4) is 0 Å². The lowest BCUT2D eigenvalue weighted by Gasteiger charge is -1.98. The van der Waals surface area contributed by atoms with Crippen LogP contribution in [0.25, 0.3) is 0 Å². The summed E-state index contributed by atoms with van der Waals surface area (Å²) in [5.74, 6) is 0. The van der Waals surface area contributed by atoms with E-state index in [0.717, 1.165) is 16.9 Å². The maximum atomic E-state index is 5.91. The second kappa shape index (κ2) is 7.89. The molecule has 0 aromatic carbocycles. The Kier molecular flexibility index (Phi) is 7.23. The molecule has 0 saturated heterocycles. The van der Waals surface area contributed by atoms with Crippen molar-refractivity contribution in [1.82, 2.24) is 0 Å². The molecule has 0 aliphatic carbocycles. The van der Waals surface area contributed by atoms with Gasteiger partial charge < -0.3 is 0 Å². The Balaban J connectivity index is 4.93. The van der Waals surface area contributed by atoms with Gasteiger partial charge in [-0.2, -0.15) is 0 Å². The van der Waals surface area contributed by atoms with E-state index in [2.05, 4.69) is 18.2 Å². The zero-order chi connectivity index (χ0) is 12.6. The first kappa shape index (κ1) is 14.7. The summed E-state index contributed by atoms with van der Waals surface area (Å²) >= 11 is 5.91. The van der Waals surface area contributed by atoms with Crippen LogP contribution in [-0.2, 0) is 0 Å². The molecule has 0 aromatic rings. The van der Waals surface area contributed by atoms with Gasteiger partial charge in [-0.3, -0.25) is 4.99 Å². The summed E-state index contributed by atoms with van der Waals surface area (Å²) < 4.78 is 0. The molecule has 0 rings (SSSR count). The van der Waals surface area contributed by atoms with E-state index in [-0.39, 0.29) is 0 Å². The summed E-state index contributed by atoms with van der Waals surface area (Å²) in [6.45, 7) is 13.3. The number of nitrogens with zero attached hydrogens (tertiary/aromatic N) is 1. The molecule has 0 radical (unpaired) electrons. The molecule has 0 aliphatic heterocycles. The van der Waals surface area contributed by atoms with E-state index in [1.807, 2.05) is 45.1 Å². The van der Waals surface area contributed by atoms with Crippen LogP contribution in [0.1, 0.15) is 20.8 Å². The summed E-state index contributed by atoms with van der Waals surface area (Å²) in [6, 6.07) is 0. The van der Waals surface area contributed by atoms with Crippen molar-refractivity contribution >= 4 is 17.3 Å². The van der Waals surface area contributed by atoms with Crippen molar-refractivity contribution in [2.75, 3.05) is 0 Å². The number of aliphatic imine (C=N–C) groups is 1. The van der Waals surface area contributed by atoms with Gasteiger partial charge in [-0.1, -0.05) is 43.0 Å². The van der Waals surface area contributed by atoms with E-state index in [9.17, 15) is 0 Å². The zero-order valence-electron chi connectivity index (χ0n) is 10.1. The van der Waals surface area contributed by atoms with E-state index in [0.29, 0.717) is 5.03 Å². The quantitative estimate of drug-likeness (QED) is 0.480. The van der Waals surface area contributed by atoms with Crippen molar-refractivity contribution in [3.05, 3.63) is 59.8 Å². The molecule has 0 aromatic heterocycles. The molecule has 0 atom stereocenters. The molecule has 0 aliphatic rings. The molecule has 0 spiro atoms. The molecule has 2 heteroatoms. The molecule has 1 nitrogen and oxygen atoms in total. The van der Waals surface area contributed by atoms with Crippen molar-refractivity contribution in [2.24, 2.45) is 4.99 Å². The van der Waals surface area contributed by atoms with Crippen molar-refractivity contribution in [1.29, 1.82) is 0 Å². The van der Waals surface area contributed by atoms with Crippen LogP contribution in [0, 0.1) is 0 Å². The summed E-state index contributed by atoms with van der Waals surface area (Å²) in [6.07, 6.45) is 9.27. The van der Waals surface area contributed by atoms with E-state index < -0.39 is 0 Å². The minimum absolute atomic E-state index is 0.554. The molecule has 0 heterocycles. The van der Waals surface area contributed by atoms with E-state index in [4.69, 9.17) is 11.6 Å². The fourth-order valence-corrected chi connectivity index (χ4v) is 0.839. The van der Waals surface area contributed by atoms with Crippen LogP contribution in [0.4, 0.5) is 0 Å². The fraction of sp³-hybridized carbons (Fsp3) is 0.214. The molecular weight excluding hydrogens is 218 g/mol. The highest BCUT2D eigenvalue weighted by Gasteiger charge is 1.94. The number of allylic oxidation sites excluding steroid dienone is 7. The van der Waals surface area contributed by atoms with E-state index in [1.54, 1.807) is 6.20 Å². The van der Waals surface area contributed by atoms with Gasteiger partial charge in [0.25, 0.3) is 0 Å². The highest BCUT2D eigenvalue weighted by atomic mass is 35.5. The summed E-state index contributed by atoms with van der Waals surface area (Å²) in [5, 5.41) is 0.554. The lowest BCUT2D eigenvalue weighted by Crippen LogP contribution is -1.92. The summed E-state index contributed by atoms with van der Waals surface area (Å²) in [5.41, 5.74) is 2.49. The number of rotatable bonds is 5. The van der Waals surface area contributed by atoms with Gasteiger partial charge in [0.1, 0.15) is 0 Å². The third-order valence-electron chi connectivity index (χ3n) is 1.72. The smallest absolute Gasteiger partial charge is 0.0653 e. The van der Waals surface area contributed by atoms with Gasteiger partial charge in [-0.25, -0.2) is 0 Å². The zero-order valence-corrected chi connectivity index (χ0v) is 10.9. The number of hydrogen-bond donors (Lipinski definition) is 0. The Morgan fingerprint density at radius 1 is 1.12 bits per heavy atom. The standard InChI is InChI=1S/C14H18ClN/c1-6-7-8-9-14(12(4)5)16-10-13(15)11(2)3/h6-10H,2,4H2,1,3,5H3/b7-6+,9-8-,13-10+,16-14-.